The highest BCUT2D eigenvalue weighted by atomic mass is 32.2. The summed E-state index contributed by atoms with van der Waals surface area (Å²) in [6.07, 6.45) is 3.74. The molecule has 0 bridgehead atoms. The fourth-order valence-electron chi connectivity index (χ4n) is 2.87. The molecule has 0 aromatic rings. The van der Waals surface area contributed by atoms with E-state index in [-0.39, 0.29) is 38.2 Å². The van der Waals surface area contributed by atoms with E-state index in [4.69, 9.17) is 22.3 Å². The van der Waals surface area contributed by atoms with E-state index in [2.05, 4.69) is 20.9 Å². The highest BCUT2D eigenvalue weighted by molar-refractivity contribution is 7.98. The van der Waals surface area contributed by atoms with Crippen molar-refractivity contribution in [2.24, 2.45) is 22.2 Å². The quantitative estimate of drug-likeness (QED) is 0.0487. The smallest absolute Gasteiger partial charge is 0.326 e. The lowest BCUT2D eigenvalue weighted by atomic mass is 10.1. The van der Waals surface area contributed by atoms with Crippen LogP contribution in [0.25, 0.3) is 0 Å². The van der Waals surface area contributed by atoms with Crippen LogP contribution < -0.4 is 33.2 Å². The number of carbonyl (C=O) groups excluding carboxylic acids is 3. The Balaban J connectivity index is 5.55. The van der Waals surface area contributed by atoms with E-state index in [1.807, 2.05) is 12.5 Å². The molecule has 0 saturated carbocycles. The molecule has 206 valence electrons. The lowest BCUT2D eigenvalue weighted by Crippen LogP contribution is -2.57. The van der Waals surface area contributed by atoms with Crippen molar-refractivity contribution in [2.75, 3.05) is 30.6 Å². The summed E-state index contributed by atoms with van der Waals surface area (Å²) in [5.41, 5.74) is 16.2. The minimum Gasteiger partial charge on any atom is -0.481 e. The number of carbonyl (C=O) groups is 5. The lowest BCUT2D eigenvalue weighted by molar-refractivity contribution is -0.142. The number of thioether (sulfide) groups is 2. The Kier molecular flexibility index (Phi) is 17.1. The number of nitrogens with zero attached hydrogens (tertiary/aromatic N) is 1. The summed E-state index contributed by atoms with van der Waals surface area (Å²) in [5, 5.41) is 25.7. The van der Waals surface area contributed by atoms with Crippen LogP contribution in [-0.2, 0) is 24.0 Å². The zero-order valence-corrected chi connectivity index (χ0v) is 22.0. The first kappa shape index (κ1) is 33.3. The van der Waals surface area contributed by atoms with Crippen molar-refractivity contribution >= 4 is 59.1 Å². The van der Waals surface area contributed by atoms with E-state index in [9.17, 15) is 29.1 Å². The molecule has 0 fully saturated rings. The number of amides is 3. The Hall–Kier alpha value is -2.72. The van der Waals surface area contributed by atoms with Crippen LogP contribution in [0.2, 0.25) is 0 Å². The largest absolute Gasteiger partial charge is 0.481 e. The zero-order valence-electron chi connectivity index (χ0n) is 20.4. The van der Waals surface area contributed by atoms with E-state index >= 15 is 0 Å². The second-order valence-corrected chi connectivity index (χ2v) is 9.71. The molecule has 4 unspecified atom stereocenters. The zero-order chi connectivity index (χ0) is 27.7. The van der Waals surface area contributed by atoms with Gasteiger partial charge >= 0.3 is 11.9 Å². The first-order valence-corrected chi connectivity index (χ1v) is 13.9. The monoisotopic (exact) mass is 551 g/mol. The third-order valence-electron chi connectivity index (χ3n) is 4.78. The maximum Gasteiger partial charge on any atom is 0.326 e. The van der Waals surface area contributed by atoms with Crippen molar-refractivity contribution in [1.29, 1.82) is 0 Å². The fourth-order valence-corrected chi connectivity index (χ4v) is 3.82. The summed E-state index contributed by atoms with van der Waals surface area (Å²) in [6.45, 7) is 0.162. The van der Waals surface area contributed by atoms with Gasteiger partial charge in [0.05, 0.1) is 12.5 Å². The molecule has 0 radical (unpaired) electrons. The molecule has 0 heterocycles. The average molecular weight is 552 g/mol. The Morgan fingerprint density at radius 3 is 1.75 bits per heavy atom. The second kappa shape index (κ2) is 18.5. The molecule has 3 amide bonds. The highest BCUT2D eigenvalue weighted by Crippen LogP contribution is 2.07. The van der Waals surface area contributed by atoms with Crippen molar-refractivity contribution in [3.05, 3.63) is 0 Å². The Bertz CT molecular complexity index is 782. The molecule has 0 aliphatic rings. The number of carboxylic acid groups (broad SMARTS) is 2. The maximum absolute atomic E-state index is 13.0. The average Bonchev–Trinajstić information content (AvgIpc) is 2.79. The molecule has 0 spiro atoms. The van der Waals surface area contributed by atoms with Crippen molar-refractivity contribution in [1.82, 2.24) is 16.0 Å². The van der Waals surface area contributed by atoms with Crippen LogP contribution in [0.5, 0.6) is 0 Å². The van der Waals surface area contributed by atoms with Crippen molar-refractivity contribution in [3.8, 4) is 0 Å². The molecular weight excluding hydrogens is 514 g/mol. The van der Waals surface area contributed by atoms with Gasteiger partial charge in [0, 0.05) is 6.54 Å². The molecule has 0 rings (SSSR count). The van der Waals surface area contributed by atoms with E-state index in [0.29, 0.717) is 11.5 Å². The SMILES string of the molecule is CSCCC(NC(=O)C(CCSC)NC(=O)C(CCCN=C(N)N)NC(=O)C(N)CC(=O)O)C(=O)O. The molecular formula is C20H37N7O7S2. The predicted octanol–water partition coefficient (Wildman–Crippen LogP) is -2.11. The summed E-state index contributed by atoms with van der Waals surface area (Å²) in [4.78, 5) is 64.4. The Morgan fingerprint density at radius 2 is 1.28 bits per heavy atom. The van der Waals surface area contributed by atoms with E-state index in [1.165, 1.54) is 23.5 Å². The number of carboxylic acids is 2. The Morgan fingerprint density at radius 1 is 0.806 bits per heavy atom. The van der Waals surface area contributed by atoms with Gasteiger partial charge in [-0.15, -0.1) is 0 Å². The summed E-state index contributed by atoms with van der Waals surface area (Å²) in [5.74, 6) is -3.85. The standard InChI is InChI=1S/C20H37N7O7S2/c1-35-8-5-13(18(32)27-14(19(33)34)6-9-36-2)26-17(31)12(4-3-7-24-20(22)23)25-16(30)11(21)10-15(28)29/h11-14H,3-10,21H2,1-2H3,(H,25,30)(H,26,31)(H,27,32)(H,28,29)(H,33,34)(H4,22,23,24). The van der Waals surface area contributed by atoms with Crippen LogP contribution in [0.15, 0.2) is 4.99 Å². The topological polar surface area (TPSA) is 252 Å². The number of nitrogens with one attached hydrogen (secondary N) is 3. The molecule has 4 atom stereocenters. The van der Waals surface area contributed by atoms with Crippen LogP contribution in [-0.4, -0.2) is 101 Å². The van der Waals surface area contributed by atoms with E-state index < -0.39 is 60.2 Å². The molecule has 0 aliphatic carbocycles. The van der Waals surface area contributed by atoms with Gasteiger partial charge in [0.1, 0.15) is 18.1 Å². The van der Waals surface area contributed by atoms with Gasteiger partial charge in [-0.3, -0.25) is 24.2 Å². The molecule has 36 heavy (non-hydrogen) atoms. The summed E-state index contributed by atoms with van der Waals surface area (Å²) < 4.78 is 0. The number of guanidine groups is 1. The molecule has 0 saturated heterocycles. The number of hydrogen-bond donors (Lipinski definition) is 8. The van der Waals surface area contributed by atoms with Gasteiger partial charge in [0.15, 0.2) is 5.96 Å². The number of hydrogen-bond acceptors (Lipinski definition) is 9. The Labute approximate surface area is 218 Å². The van der Waals surface area contributed by atoms with Crippen LogP contribution in [0.4, 0.5) is 0 Å². The first-order valence-electron chi connectivity index (χ1n) is 11.1. The normalized spacial score (nSPS) is 14.0. The van der Waals surface area contributed by atoms with Crippen molar-refractivity contribution in [3.63, 3.8) is 0 Å². The van der Waals surface area contributed by atoms with Gasteiger partial charge in [0.2, 0.25) is 17.7 Å². The molecule has 0 aromatic carbocycles. The van der Waals surface area contributed by atoms with Crippen LogP contribution in [0.1, 0.15) is 32.1 Å². The highest BCUT2D eigenvalue weighted by Gasteiger charge is 2.30. The summed E-state index contributed by atoms with van der Waals surface area (Å²) >= 11 is 2.86. The van der Waals surface area contributed by atoms with Gasteiger partial charge in [-0.2, -0.15) is 23.5 Å². The third-order valence-corrected chi connectivity index (χ3v) is 6.07. The predicted molar refractivity (Wildman–Crippen MR) is 140 cm³/mol. The molecule has 16 heteroatoms. The van der Waals surface area contributed by atoms with Crippen LogP contribution in [0, 0.1) is 0 Å². The van der Waals surface area contributed by atoms with Crippen LogP contribution >= 0.6 is 23.5 Å². The van der Waals surface area contributed by atoms with Gasteiger partial charge in [-0.05, 0) is 49.7 Å². The van der Waals surface area contributed by atoms with Crippen LogP contribution in [0.3, 0.4) is 0 Å². The lowest BCUT2D eigenvalue weighted by Gasteiger charge is -2.25. The minimum absolute atomic E-state index is 0.0660. The molecule has 0 aliphatic heterocycles. The van der Waals surface area contributed by atoms with Gasteiger partial charge < -0.3 is 43.4 Å². The fraction of sp³-hybridized carbons (Fsp3) is 0.700. The van der Waals surface area contributed by atoms with Gasteiger partial charge in [-0.1, -0.05) is 0 Å². The number of rotatable bonds is 19. The summed E-state index contributed by atoms with van der Waals surface area (Å²) in [6, 6.07) is -4.74. The van der Waals surface area contributed by atoms with Crippen molar-refractivity contribution < 1.29 is 34.2 Å². The second-order valence-electron chi connectivity index (χ2n) is 7.74. The van der Waals surface area contributed by atoms with Gasteiger partial charge in [-0.25, -0.2) is 4.79 Å². The minimum atomic E-state index is -1.39. The van der Waals surface area contributed by atoms with Crippen molar-refractivity contribution in [2.45, 2.75) is 56.3 Å². The number of aliphatic carboxylic acids is 2. The first-order chi connectivity index (χ1) is 16.9. The third kappa shape index (κ3) is 14.6. The molecule has 14 nitrogen and oxygen atoms in total. The van der Waals surface area contributed by atoms with E-state index in [0.717, 1.165) is 0 Å². The number of nitrogens with two attached hydrogens (primary N) is 3. The molecule has 0 aromatic heterocycles. The maximum atomic E-state index is 13.0. The summed E-state index contributed by atoms with van der Waals surface area (Å²) in [7, 11) is 0. The van der Waals surface area contributed by atoms with E-state index in [1.54, 1.807) is 0 Å². The number of aliphatic imine (C=N–C) groups is 1. The van der Waals surface area contributed by atoms with Gasteiger partial charge in [0.25, 0.3) is 0 Å². The molecule has 11 N–H and O–H groups in total.